The minimum Gasteiger partial charge on any atom is -0.441 e. The number of amides is 1. The number of hydrogen-bond acceptors (Lipinski definition) is 3. The highest BCUT2D eigenvalue weighted by molar-refractivity contribution is 6.31. The number of hydrogen-bond donors (Lipinski definition) is 0. The van der Waals surface area contributed by atoms with Gasteiger partial charge in [-0.05, 0) is 23.8 Å². The summed E-state index contributed by atoms with van der Waals surface area (Å²) in [5, 5.41) is 0.607. The molecule has 27 heavy (non-hydrogen) atoms. The van der Waals surface area contributed by atoms with Crippen molar-refractivity contribution in [3.63, 3.8) is 0 Å². The second-order valence-corrected chi connectivity index (χ2v) is 6.49. The van der Waals surface area contributed by atoms with E-state index in [2.05, 4.69) is 4.98 Å². The van der Waals surface area contributed by atoms with E-state index < -0.39 is 11.6 Å². The highest BCUT2D eigenvalue weighted by atomic mass is 35.5. The van der Waals surface area contributed by atoms with Crippen molar-refractivity contribution < 1.29 is 18.0 Å². The Morgan fingerprint density at radius 2 is 2.00 bits per heavy atom. The standard InChI is InChI=1S/C20H17ClF2N2O2/c1-25(12-13-4-2-3-5-16(13)21)20(26)9-8-19-24-11-18(27-19)15-7-6-14(22)10-17(15)23/h2-7,10-11H,8-9,12H2,1H3. The van der Waals surface area contributed by atoms with Crippen molar-refractivity contribution in [2.45, 2.75) is 19.4 Å². The van der Waals surface area contributed by atoms with E-state index in [0.717, 1.165) is 17.7 Å². The van der Waals surface area contributed by atoms with Crippen LogP contribution < -0.4 is 0 Å². The average molecular weight is 391 g/mol. The molecular formula is C20H17ClF2N2O2. The van der Waals surface area contributed by atoms with Gasteiger partial charge in [-0.2, -0.15) is 0 Å². The zero-order valence-corrected chi connectivity index (χ0v) is 15.3. The predicted octanol–water partition coefficient (Wildman–Crippen LogP) is 4.86. The van der Waals surface area contributed by atoms with E-state index in [1.165, 1.54) is 12.3 Å². The lowest BCUT2D eigenvalue weighted by Gasteiger charge is -2.17. The van der Waals surface area contributed by atoms with Gasteiger partial charge < -0.3 is 9.32 Å². The van der Waals surface area contributed by atoms with E-state index in [9.17, 15) is 13.6 Å². The van der Waals surface area contributed by atoms with E-state index in [0.29, 0.717) is 17.5 Å². The maximum absolute atomic E-state index is 13.8. The maximum Gasteiger partial charge on any atom is 0.223 e. The molecule has 140 valence electrons. The number of carbonyl (C=O) groups is 1. The highest BCUT2D eigenvalue weighted by Crippen LogP contribution is 2.24. The van der Waals surface area contributed by atoms with Crippen LogP contribution in [0.25, 0.3) is 11.3 Å². The number of aromatic nitrogens is 1. The van der Waals surface area contributed by atoms with Gasteiger partial charge in [0.05, 0.1) is 11.8 Å². The Morgan fingerprint density at radius 1 is 1.22 bits per heavy atom. The molecule has 1 aromatic heterocycles. The molecule has 0 spiro atoms. The van der Waals surface area contributed by atoms with Gasteiger partial charge in [-0.25, -0.2) is 13.8 Å². The van der Waals surface area contributed by atoms with Crippen LogP contribution in [0.5, 0.6) is 0 Å². The first-order valence-electron chi connectivity index (χ1n) is 8.31. The second-order valence-electron chi connectivity index (χ2n) is 6.08. The van der Waals surface area contributed by atoms with Crippen LogP contribution in [-0.4, -0.2) is 22.8 Å². The van der Waals surface area contributed by atoms with E-state index in [-0.39, 0.29) is 30.1 Å². The third-order valence-electron chi connectivity index (χ3n) is 4.09. The van der Waals surface area contributed by atoms with Crippen molar-refractivity contribution in [2.75, 3.05) is 7.05 Å². The number of carbonyl (C=O) groups excluding carboxylic acids is 1. The van der Waals surface area contributed by atoms with Gasteiger partial charge in [-0.3, -0.25) is 4.79 Å². The Balaban J connectivity index is 1.59. The fourth-order valence-corrected chi connectivity index (χ4v) is 2.81. The molecule has 0 unspecified atom stereocenters. The first-order valence-corrected chi connectivity index (χ1v) is 8.69. The van der Waals surface area contributed by atoms with Gasteiger partial charge in [0.2, 0.25) is 5.91 Å². The average Bonchev–Trinajstić information content (AvgIpc) is 3.10. The first-order chi connectivity index (χ1) is 12.9. The van der Waals surface area contributed by atoms with Crippen LogP contribution in [0.3, 0.4) is 0 Å². The van der Waals surface area contributed by atoms with Crippen LogP contribution in [-0.2, 0) is 17.8 Å². The lowest BCUT2D eigenvalue weighted by molar-refractivity contribution is -0.130. The summed E-state index contributed by atoms with van der Waals surface area (Å²) in [7, 11) is 1.69. The monoisotopic (exact) mass is 390 g/mol. The molecule has 2 aromatic carbocycles. The first kappa shape index (κ1) is 19.0. The third kappa shape index (κ3) is 4.71. The van der Waals surface area contributed by atoms with E-state index in [1.807, 2.05) is 18.2 Å². The molecule has 3 rings (SSSR count). The van der Waals surface area contributed by atoms with Gasteiger partial charge in [0, 0.05) is 37.5 Å². The third-order valence-corrected chi connectivity index (χ3v) is 4.46. The molecule has 0 aliphatic rings. The summed E-state index contributed by atoms with van der Waals surface area (Å²) in [5.41, 5.74) is 0.984. The number of benzene rings is 2. The fourth-order valence-electron chi connectivity index (χ4n) is 2.61. The molecule has 0 radical (unpaired) electrons. The molecule has 0 bridgehead atoms. The summed E-state index contributed by atoms with van der Waals surface area (Å²) in [6.45, 7) is 0.399. The zero-order chi connectivity index (χ0) is 19.4. The SMILES string of the molecule is CN(Cc1ccccc1Cl)C(=O)CCc1ncc(-c2ccc(F)cc2F)o1. The molecule has 3 aromatic rings. The molecular weight excluding hydrogens is 374 g/mol. The van der Waals surface area contributed by atoms with Crippen molar-refractivity contribution in [3.8, 4) is 11.3 Å². The van der Waals surface area contributed by atoms with Gasteiger partial charge in [0.15, 0.2) is 11.7 Å². The summed E-state index contributed by atoms with van der Waals surface area (Å²) in [6, 6.07) is 10.6. The van der Waals surface area contributed by atoms with Crippen LogP contribution in [0, 0.1) is 11.6 Å². The van der Waals surface area contributed by atoms with Crippen LogP contribution in [0.1, 0.15) is 17.9 Å². The topological polar surface area (TPSA) is 46.3 Å². The van der Waals surface area contributed by atoms with Gasteiger partial charge in [0.25, 0.3) is 0 Å². The minimum atomic E-state index is -0.728. The van der Waals surface area contributed by atoms with Crippen molar-refractivity contribution in [2.24, 2.45) is 0 Å². The smallest absolute Gasteiger partial charge is 0.223 e. The lowest BCUT2D eigenvalue weighted by atomic mass is 10.2. The molecule has 0 atom stereocenters. The van der Waals surface area contributed by atoms with Crippen molar-refractivity contribution >= 4 is 17.5 Å². The summed E-state index contributed by atoms with van der Waals surface area (Å²) < 4.78 is 32.3. The van der Waals surface area contributed by atoms with Gasteiger partial charge >= 0.3 is 0 Å². The molecule has 1 heterocycles. The minimum absolute atomic E-state index is 0.0948. The summed E-state index contributed by atoms with van der Waals surface area (Å²) >= 11 is 6.11. The quantitative estimate of drug-likeness (QED) is 0.603. The molecule has 0 saturated carbocycles. The normalized spacial score (nSPS) is 10.8. The van der Waals surface area contributed by atoms with Crippen molar-refractivity contribution in [1.29, 1.82) is 0 Å². The maximum atomic E-state index is 13.8. The number of rotatable bonds is 6. The van der Waals surface area contributed by atoms with E-state index in [1.54, 1.807) is 18.0 Å². The van der Waals surface area contributed by atoms with Crippen molar-refractivity contribution in [1.82, 2.24) is 9.88 Å². The van der Waals surface area contributed by atoms with E-state index in [4.69, 9.17) is 16.0 Å². The van der Waals surface area contributed by atoms with Crippen LogP contribution in [0.4, 0.5) is 8.78 Å². The fraction of sp³-hybridized carbons (Fsp3) is 0.200. The second kappa shape index (κ2) is 8.31. The molecule has 0 aliphatic heterocycles. The molecule has 7 heteroatoms. The van der Waals surface area contributed by atoms with E-state index >= 15 is 0 Å². The van der Waals surface area contributed by atoms with Crippen LogP contribution in [0.2, 0.25) is 5.02 Å². The summed E-state index contributed by atoms with van der Waals surface area (Å²) in [5.74, 6) is -0.980. The van der Waals surface area contributed by atoms with Crippen LogP contribution >= 0.6 is 11.6 Å². The summed E-state index contributed by atoms with van der Waals surface area (Å²) in [4.78, 5) is 18.0. The predicted molar refractivity (Wildman–Crippen MR) is 98.1 cm³/mol. The Labute approximate surface area is 160 Å². The zero-order valence-electron chi connectivity index (χ0n) is 14.6. The Bertz CT molecular complexity index is 959. The molecule has 0 N–H and O–H groups in total. The lowest BCUT2D eigenvalue weighted by Crippen LogP contribution is -2.26. The molecule has 0 fully saturated rings. The van der Waals surface area contributed by atoms with Gasteiger partial charge in [0.1, 0.15) is 11.6 Å². The number of aryl methyl sites for hydroxylation is 1. The number of oxazole rings is 1. The molecule has 4 nitrogen and oxygen atoms in total. The molecule has 0 aliphatic carbocycles. The summed E-state index contributed by atoms with van der Waals surface area (Å²) in [6.07, 6.45) is 1.82. The van der Waals surface area contributed by atoms with Crippen molar-refractivity contribution in [3.05, 3.63) is 76.8 Å². The number of nitrogens with zero attached hydrogens (tertiary/aromatic N) is 2. The van der Waals surface area contributed by atoms with Crippen LogP contribution in [0.15, 0.2) is 53.1 Å². The van der Waals surface area contributed by atoms with Gasteiger partial charge in [-0.15, -0.1) is 0 Å². The molecule has 0 saturated heterocycles. The Kier molecular flexibility index (Phi) is 5.86. The Hall–Kier alpha value is -2.73. The largest absolute Gasteiger partial charge is 0.441 e. The van der Waals surface area contributed by atoms with Gasteiger partial charge in [-0.1, -0.05) is 29.8 Å². The highest BCUT2D eigenvalue weighted by Gasteiger charge is 2.15. The molecule has 1 amide bonds. The Morgan fingerprint density at radius 3 is 2.74 bits per heavy atom. The number of halogens is 3.